The smallest absolute Gasteiger partial charge is 0.163 e. The normalized spacial score (nSPS) is 12.0. The molecule has 0 radical (unpaired) electrons. The second-order valence-corrected chi connectivity index (χ2v) is 7.90. The zero-order valence-corrected chi connectivity index (χ0v) is 15.9. The highest BCUT2D eigenvalue weighted by atomic mass is 16.3. The first kappa shape index (κ1) is 19.1. The number of Topliss-reactive ketones (excluding diaryl/α,β-unsaturated/α-hetero) is 1. The number of benzene rings is 3. The van der Waals surface area contributed by atoms with Gasteiger partial charge < -0.3 is 5.11 Å². The van der Waals surface area contributed by atoms with Gasteiger partial charge in [-0.1, -0.05) is 105 Å². The van der Waals surface area contributed by atoms with Gasteiger partial charge in [0.05, 0.1) is 0 Å². The van der Waals surface area contributed by atoms with Gasteiger partial charge in [-0.05, 0) is 23.0 Å². The summed E-state index contributed by atoms with van der Waals surface area (Å²) in [5.74, 6) is 0.101. The Hall–Kier alpha value is -2.71. The van der Waals surface area contributed by atoms with Crippen LogP contribution in [-0.2, 0) is 5.60 Å². The minimum atomic E-state index is -1.15. The Morgan fingerprint density at radius 2 is 1.15 bits per heavy atom. The molecule has 3 aromatic rings. The molecule has 0 saturated heterocycles. The number of hydrogen-bond acceptors (Lipinski definition) is 2. The summed E-state index contributed by atoms with van der Waals surface area (Å²) in [4.78, 5) is 12.7. The lowest BCUT2D eigenvalue weighted by Crippen LogP contribution is -2.34. The molecule has 0 atom stereocenters. The Morgan fingerprint density at radius 3 is 1.59 bits per heavy atom. The van der Waals surface area contributed by atoms with Gasteiger partial charge >= 0.3 is 0 Å². The van der Waals surface area contributed by atoms with Crippen LogP contribution in [0.5, 0.6) is 0 Å². The number of hydrogen-bond donors (Lipinski definition) is 1. The molecule has 0 aliphatic heterocycles. The number of carbonyl (C=O) groups is 1. The molecule has 0 unspecified atom stereocenters. The van der Waals surface area contributed by atoms with E-state index in [1.165, 1.54) is 0 Å². The van der Waals surface area contributed by atoms with Crippen LogP contribution in [0, 0.1) is 5.41 Å². The van der Waals surface area contributed by atoms with Crippen LogP contribution < -0.4 is 0 Å². The molecule has 3 rings (SSSR count). The van der Waals surface area contributed by atoms with Crippen LogP contribution in [0.3, 0.4) is 0 Å². The van der Waals surface area contributed by atoms with E-state index >= 15 is 0 Å². The maximum atomic E-state index is 12.7. The van der Waals surface area contributed by atoms with Gasteiger partial charge in [0.2, 0.25) is 0 Å². The fraction of sp³-hybridized carbons (Fsp3) is 0.240. The average Bonchev–Trinajstić information content (AvgIpc) is 2.69. The van der Waals surface area contributed by atoms with E-state index < -0.39 is 5.60 Å². The Morgan fingerprint density at radius 1 is 0.741 bits per heavy atom. The van der Waals surface area contributed by atoms with Crippen molar-refractivity contribution in [3.63, 3.8) is 0 Å². The standard InChI is InChI=1S/C25H26O2/c1-24(2,18-23(26)20-12-6-3-7-13-20)19-25(27,21-14-8-4-9-15-21)22-16-10-5-11-17-22/h3-17,27H,18-19H2,1-2H3. The molecular weight excluding hydrogens is 332 g/mol. The minimum Gasteiger partial charge on any atom is -0.380 e. The number of ketones is 1. The van der Waals surface area contributed by atoms with E-state index in [0.29, 0.717) is 18.4 Å². The zero-order valence-electron chi connectivity index (χ0n) is 15.9. The van der Waals surface area contributed by atoms with Crippen molar-refractivity contribution in [2.24, 2.45) is 5.41 Å². The van der Waals surface area contributed by atoms with Gasteiger partial charge in [-0.15, -0.1) is 0 Å². The summed E-state index contributed by atoms with van der Waals surface area (Å²) >= 11 is 0. The summed E-state index contributed by atoms with van der Waals surface area (Å²) in [7, 11) is 0. The Bertz CT molecular complexity index is 828. The highest BCUT2D eigenvalue weighted by Crippen LogP contribution is 2.42. The number of carbonyl (C=O) groups excluding carboxylic acids is 1. The molecule has 2 heteroatoms. The highest BCUT2D eigenvalue weighted by Gasteiger charge is 2.38. The summed E-state index contributed by atoms with van der Waals surface area (Å²) in [5, 5.41) is 11.8. The molecule has 0 bridgehead atoms. The molecule has 2 nitrogen and oxygen atoms in total. The largest absolute Gasteiger partial charge is 0.380 e. The van der Waals surface area contributed by atoms with Crippen LogP contribution in [0.15, 0.2) is 91.0 Å². The van der Waals surface area contributed by atoms with Crippen molar-refractivity contribution >= 4 is 5.78 Å². The van der Waals surface area contributed by atoms with Crippen molar-refractivity contribution in [2.75, 3.05) is 0 Å². The van der Waals surface area contributed by atoms with Gasteiger partial charge in [0.1, 0.15) is 5.60 Å². The van der Waals surface area contributed by atoms with Crippen molar-refractivity contribution in [3.05, 3.63) is 108 Å². The molecule has 0 heterocycles. The van der Waals surface area contributed by atoms with E-state index in [1.807, 2.05) is 105 Å². The second kappa shape index (κ2) is 7.89. The van der Waals surface area contributed by atoms with Crippen molar-refractivity contribution in [1.82, 2.24) is 0 Å². The Labute approximate surface area is 161 Å². The fourth-order valence-electron chi connectivity index (χ4n) is 3.71. The van der Waals surface area contributed by atoms with Crippen LogP contribution in [0.4, 0.5) is 0 Å². The molecule has 1 N–H and O–H groups in total. The molecule has 0 aromatic heterocycles. The molecule has 0 fully saturated rings. The van der Waals surface area contributed by atoms with Crippen molar-refractivity contribution < 1.29 is 9.90 Å². The van der Waals surface area contributed by atoms with Crippen LogP contribution in [0.25, 0.3) is 0 Å². The van der Waals surface area contributed by atoms with Gasteiger partial charge in [0.15, 0.2) is 5.78 Å². The molecule has 138 valence electrons. The van der Waals surface area contributed by atoms with E-state index in [1.54, 1.807) is 0 Å². The molecule has 3 aromatic carbocycles. The van der Waals surface area contributed by atoms with Crippen LogP contribution >= 0.6 is 0 Å². The maximum Gasteiger partial charge on any atom is 0.163 e. The summed E-state index contributed by atoms with van der Waals surface area (Å²) < 4.78 is 0. The molecule has 0 spiro atoms. The molecule has 27 heavy (non-hydrogen) atoms. The van der Waals surface area contributed by atoms with E-state index in [9.17, 15) is 9.90 Å². The van der Waals surface area contributed by atoms with Crippen molar-refractivity contribution in [1.29, 1.82) is 0 Å². The van der Waals surface area contributed by atoms with E-state index in [4.69, 9.17) is 0 Å². The van der Waals surface area contributed by atoms with Gasteiger partial charge in [-0.25, -0.2) is 0 Å². The summed E-state index contributed by atoms with van der Waals surface area (Å²) in [5.41, 5.74) is 0.873. The highest BCUT2D eigenvalue weighted by molar-refractivity contribution is 5.96. The molecule has 0 aliphatic carbocycles. The third-order valence-corrected chi connectivity index (χ3v) is 4.97. The van der Waals surface area contributed by atoms with Crippen LogP contribution in [0.2, 0.25) is 0 Å². The van der Waals surface area contributed by atoms with Crippen molar-refractivity contribution in [3.8, 4) is 0 Å². The zero-order chi connectivity index (χ0) is 19.3. The van der Waals surface area contributed by atoms with Gasteiger partial charge in [-0.2, -0.15) is 0 Å². The average molecular weight is 358 g/mol. The van der Waals surface area contributed by atoms with Gasteiger partial charge in [0.25, 0.3) is 0 Å². The maximum absolute atomic E-state index is 12.7. The topological polar surface area (TPSA) is 37.3 Å². The Kier molecular flexibility index (Phi) is 5.57. The predicted molar refractivity (Wildman–Crippen MR) is 110 cm³/mol. The minimum absolute atomic E-state index is 0.101. The first-order valence-corrected chi connectivity index (χ1v) is 9.32. The molecule has 0 saturated carbocycles. The van der Waals surface area contributed by atoms with E-state index in [-0.39, 0.29) is 11.2 Å². The summed E-state index contributed by atoms with van der Waals surface area (Å²) in [6.45, 7) is 4.09. The molecule has 0 amide bonds. The van der Waals surface area contributed by atoms with E-state index in [0.717, 1.165) is 11.1 Å². The molecule has 0 aliphatic rings. The van der Waals surface area contributed by atoms with E-state index in [2.05, 4.69) is 0 Å². The first-order chi connectivity index (χ1) is 12.9. The fourth-order valence-corrected chi connectivity index (χ4v) is 3.71. The third kappa shape index (κ3) is 4.53. The van der Waals surface area contributed by atoms with Crippen molar-refractivity contribution in [2.45, 2.75) is 32.3 Å². The predicted octanol–water partition coefficient (Wildman–Crippen LogP) is 5.61. The van der Waals surface area contributed by atoms with Gasteiger partial charge in [0, 0.05) is 12.0 Å². The lowest BCUT2D eigenvalue weighted by molar-refractivity contribution is 0.0285. The summed E-state index contributed by atoms with van der Waals surface area (Å²) in [6.07, 6.45) is 0.825. The number of rotatable bonds is 7. The first-order valence-electron chi connectivity index (χ1n) is 9.32. The second-order valence-electron chi connectivity index (χ2n) is 7.90. The van der Waals surface area contributed by atoms with Gasteiger partial charge in [-0.3, -0.25) is 4.79 Å². The summed E-state index contributed by atoms with van der Waals surface area (Å²) in [6, 6.07) is 28.8. The SMILES string of the molecule is CC(C)(CC(=O)c1ccccc1)CC(O)(c1ccccc1)c1ccccc1. The van der Waals surface area contributed by atoms with Crippen LogP contribution in [0.1, 0.15) is 48.2 Å². The molecular formula is C25H26O2. The Balaban J connectivity index is 1.91. The lowest BCUT2D eigenvalue weighted by atomic mass is 9.71. The quantitative estimate of drug-likeness (QED) is 0.557. The number of aliphatic hydroxyl groups is 1. The monoisotopic (exact) mass is 358 g/mol. The lowest BCUT2D eigenvalue weighted by Gasteiger charge is -2.37. The van der Waals surface area contributed by atoms with Crippen LogP contribution in [-0.4, -0.2) is 10.9 Å². The third-order valence-electron chi connectivity index (χ3n) is 4.97.